The Morgan fingerprint density at radius 1 is 1.39 bits per heavy atom. The van der Waals surface area contributed by atoms with E-state index in [1.807, 2.05) is 13.8 Å². The van der Waals surface area contributed by atoms with Crippen LogP contribution in [-0.2, 0) is 4.79 Å². The van der Waals surface area contributed by atoms with Gasteiger partial charge in [-0.1, -0.05) is 20.3 Å². The Morgan fingerprint density at radius 3 is 2.33 bits per heavy atom. The first kappa shape index (κ1) is 16.9. The summed E-state index contributed by atoms with van der Waals surface area (Å²) < 4.78 is 12.8. The van der Waals surface area contributed by atoms with Gasteiger partial charge in [0.15, 0.2) is 0 Å². The molecule has 0 saturated heterocycles. The molecule has 1 amide bonds. The third kappa shape index (κ3) is 3.96. The lowest BCUT2D eigenvalue weighted by molar-refractivity contribution is -0.120. The molecule has 1 aromatic rings. The van der Waals surface area contributed by atoms with Crippen molar-refractivity contribution in [2.45, 2.75) is 26.3 Å². The highest BCUT2D eigenvalue weighted by Gasteiger charge is 2.23. The van der Waals surface area contributed by atoms with Crippen LogP contribution in [0.1, 0.15) is 20.3 Å². The summed E-state index contributed by atoms with van der Waals surface area (Å²) in [6, 6.07) is 5.27. The SMILES string of the molecule is CCC(C)C(N)C(=O)N(C)c1ccc(F)cc1.Cl. The summed E-state index contributed by atoms with van der Waals surface area (Å²) in [6.45, 7) is 3.94. The smallest absolute Gasteiger partial charge is 0.243 e. The molecule has 0 aliphatic rings. The van der Waals surface area contributed by atoms with Crippen LogP contribution >= 0.6 is 12.4 Å². The Morgan fingerprint density at radius 2 is 1.89 bits per heavy atom. The Labute approximate surface area is 114 Å². The van der Waals surface area contributed by atoms with Gasteiger partial charge in [0.05, 0.1) is 6.04 Å². The summed E-state index contributed by atoms with van der Waals surface area (Å²) in [4.78, 5) is 13.5. The van der Waals surface area contributed by atoms with E-state index in [9.17, 15) is 9.18 Å². The van der Waals surface area contributed by atoms with Crippen molar-refractivity contribution in [2.75, 3.05) is 11.9 Å². The summed E-state index contributed by atoms with van der Waals surface area (Å²) in [5.41, 5.74) is 6.52. The van der Waals surface area contributed by atoms with Crippen molar-refractivity contribution in [3.63, 3.8) is 0 Å². The van der Waals surface area contributed by atoms with Gasteiger partial charge in [0.2, 0.25) is 5.91 Å². The zero-order chi connectivity index (χ0) is 13.0. The molecule has 0 aliphatic carbocycles. The molecule has 2 atom stereocenters. The highest BCUT2D eigenvalue weighted by atomic mass is 35.5. The van der Waals surface area contributed by atoms with Crippen molar-refractivity contribution in [1.82, 2.24) is 0 Å². The number of hydrogen-bond donors (Lipinski definition) is 1. The van der Waals surface area contributed by atoms with Gasteiger partial charge in [-0.3, -0.25) is 4.79 Å². The van der Waals surface area contributed by atoms with Gasteiger partial charge in [-0.05, 0) is 30.2 Å². The minimum atomic E-state index is -0.518. The number of benzene rings is 1. The fourth-order valence-electron chi connectivity index (χ4n) is 1.51. The van der Waals surface area contributed by atoms with E-state index in [-0.39, 0.29) is 30.0 Å². The number of amides is 1. The molecule has 1 aromatic carbocycles. The number of carbonyl (C=O) groups is 1. The van der Waals surface area contributed by atoms with E-state index in [0.29, 0.717) is 5.69 Å². The van der Waals surface area contributed by atoms with Crippen molar-refractivity contribution in [3.05, 3.63) is 30.1 Å². The molecule has 0 bridgehead atoms. The molecule has 0 radical (unpaired) electrons. The lowest BCUT2D eigenvalue weighted by Crippen LogP contribution is -2.45. The van der Waals surface area contributed by atoms with Crippen LogP contribution in [0.15, 0.2) is 24.3 Å². The average molecular weight is 275 g/mol. The molecule has 2 N–H and O–H groups in total. The van der Waals surface area contributed by atoms with Gasteiger partial charge in [-0.15, -0.1) is 12.4 Å². The van der Waals surface area contributed by atoms with Gasteiger partial charge in [0, 0.05) is 12.7 Å². The highest BCUT2D eigenvalue weighted by Crippen LogP contribution is 2.16. The van der Waals surface area contributed by atoms with E-state index in [4.69, 9.17) is 5.73 Å². The summed E-state index contributed by atoms with van der Waals surface area (Å²) in [7, 11) is 1.65. The molecule has 5 heteroatoms. The Balaban J connectivity index is 0.00000289. The first-order valence-corrected chi connectivity index (χ1v) is 5.76. The quantitative estimate of drug-likeness (QED) is 0.917. The molecule has 0 aromatic heterocycles. The van der Waals surface area contributed by atoms with Crippen molar-refractivity contribution in [1.29, 1.82) is 0 Å². The van der Waals surface area contributed by atoms with E-state index < -0.39 is 6.04 Å². The lowest BCUT2D eigenvalue weighted by atomic mass is 9.99. The van der Waals surface area contributed by atoms with Gasteiger partial charge in [0.1, 0.15) is 5.82 Å². The molecule has 18 heavy (non-hydrogen) atoms. The van der Waals surface area contributed by atoms with E-state index in [1.165, 1.54) is 17.0 Å². The monoisotopic (exact) mass is 274 g/mol. The predicted molar refractivity (Wildman–Crippen MR) is 74.5 cm³/mol. The number of rotatable bonds is 4. The third-order valence-corrected chi connectivity index (χ3v) is 3.09. The maximum absolute atomic E-state index is 12.8. The van der Waals surface area contributed by atoms with Crippen LogP contribution < -0.4 is 10.6 Å². The number of anilines is 1. The molecule has 0 spiro atoms. The van der Waals surface area contributed by atoms with Crippen LogP contribution in [0.2, 0.25) is 0 Å². The molecule has 0 aliphatic heterocycles. The molecule has 102 valence electrons. The predicted octanol–water partition coefficient (Wildman–Crippen LogP) is 2.58. The van der Waals surface area contributed by atoms with Crippen LogP contribution in [0, 0.1) is 11.7 Å². The Kier molecular flexibility index (Phi) is 6.88. The number of halogens is 2. The fraction of sp³-hybridized carbons (Fsp3) is 0.462. The molecule has 2 unspecified atom stereocenters. The van der Waals surface area contributed by atoms with Crippen molar-refractivity contribution >= 4 is 24.0 Å². The molecule has 3 nitrogen and oxygen atoms in total. The number of nitrogens with zero attached hydrogens (tertiary/aromatic N) is 1. The standard InChI is InChI=1S/C13H19FN2O.ClH/c1-4-9(2)12(15)13(17)16(3)11-7-5-10(14)6-8-11;/h5-9,12H,4,15H2,1-3H3;1H. The van der Waals surface area contributed by atoms with Gasteiger partial charge in [-0.2, -0.15) is 0 Å². The second kappa shape index (κ2) is 7.34. The van der Waals surface area contributed by atoms with E-state index in [2.05, 4.69) is 0 Å². The minimum absolute atomic E-state index is 0. The summed E-state index contributed by atoms with van der Waals surface area (Å²) >= 11 is 0. The normalized spacial score (nSPS) is 13.4. The van der Waals surface area contributed by atoms with Crippen LogP contribution in [0.5, 0.6) is 0 Å². The lowest BCUT2D eigenvalue weighted by Gasteiger charge is -2.24. The third-order valence-electron chi connectivity index (χ3n) is 3.09. The number of likely N-dealkylation sites (N-methyl/N-ethyl adjacent to an activating group) is 1. The highest BCUT2D eigenvalue weighted by molar-refractivity contribution is 5.96. The van der Waals surface area contributed by atoms with Crippen LogP contribution in [0.3, 0.4) is 0 Å². The maximum Gasteiger partial charge on any atom is 0.243 e. The topological polar surface area (TPSA) is 46.3 Å². The van der Waals surface area contributed by atoms with Crippen molar-refractivity contribution in [2.24, 2.45) is 11.7 Å². The van der Waals surface area contributed by atoms with Gasteiger partial charge in [-0.25, -0.2) is 4.39 Å². The van der Waals surface area contributed by atoms with E-state index in [1.54, 1.807) is 19.2 Å². The van der Waals surface area contributed by atoms with Crippen molar-refractivity contribution in [3.8, 4) is 0 Å². The summed E-state index contributed by atoms with van der Waals surface area (Å²) in [6.07, 6.45) is 0.851. The molecule has 1 rings (SSSR count). The second-order valence-corrected chi connectivity index (χ2v) is 4.28. The fourth-order valence-corrected chi connectivity index (χ4v) is 1.51. The van der Waals surface area contributed by atoms with E-state index in [0.717, 1.165) is 6.42 Å². The second-order valence-electron chi connectivity index (χ2n) is 4.28. The summed E-state index contributed by atoms with van der Waals surface area (Å²) in [5, 5.41) is 0. The van der Waals surface area contributed by atoms with Crippen LogP contribution in [0.4, 0.5) is 10.1 Å². The Bertz CT molecular complexity index is 383. The molecular formula is C13H20ClFN2O. The van der Waals surface area contributed by atoms with Gasteiger partial charge < -0.3 is 10.6 Å². The van der Waals surface area contributed by atoms with Crippen molar-refractivity contribution < 1.29 is 9.18 Å². The van der Waals surface area contributed by atoms with Crippen LogP contribution in [0.25, 0.3) is 0 Å². The molecule has 0 heterocycles. The molecular weight excluding hydrogens is 255 g/mol. The first-order valence-electron chi connectivity index (χ1n) is 5.76. The first-order chi connectivity index (χ1) is 7.97. The Hall–Kier alpha value is -1.13. The number of hydrogen-bond acceptors (Lipinski definition) is 2. The largest absolute Gasteiger partial charge is 0.320 e. The van der Waals surface area contributed by atoms with E-state index >= 15 is 0 Å². The zero-order valence-electron chi connectivity index (χ0n) is 10.9. The number of nitrogens with two attached hydrogens (primary N) is 1. The average Bonchev–Trinajstić information content (AvgIpc) is 2.36. The molecule has 0 saturated carbocycles. The zero-order valence-corrected chi connectivity index (χ0v) is 11.7. The van der Waals surface area contributed by atoms with Gasteiger partial charge >= 0.3 is 0 Å². The summed E-state index contributed by atoms with van der Waals surface area (Å²) in [5.74, 6) is -0.336. The number of carbonyl (C=O) groups excluding carboxylic acids is 1. The van der Waals surface area contributed by atoms with Crippen LogP contribution in [-0.4, -0.2) is 19.0 Å². The van der Waals surface area contributed by atoms with Gasteiger partial charge in [0.25, 0.3) is 0 Å². The molecule has 0 fully saturated rings. The maximum atomic E-state index is 12.8. The minimum Gasteiger partial charge on any atom is -0.320 e.